The molecular formula is C10H11ClO2S. The zero-order valence-corrected chi connectivity index (χ0v) is 9.20. The number of halogens is 1. The molecule has 0 aliphatic heterocycles. The van der Waals surface area contributed by atoms with Crippen molar-refractivity contribution < 1.29 is 9.90 Å². The van der Waals surface area contributed by atoms with E-state index >= 15 is 0 Å². The van der Waals surface area contributed by atoms with E-state index in [1.54, 1.807) is 6.07 Å². The molecule has 0 bridgehead atoms. The molecule has 1 heterocycles. The molecule has 0 radical (unpaired) electrons. The Bertz CT molecular complexity index is 349. The van der Waals surface area contributed by atoms with Crippen molar-refractivity contribution in [2.24, 2.45) is 0 Å². The third-order valence-electron chi connectivity index (χ3n) is 2.67. The Hall–Kier alpha value is -0.380. The minimum Gasteiger partial charge on any atom is -0.384 e. The molecule has 14 heavy (non-hydrogen) atoms. The highest BCUT2D eigenvalue weighted by Crippen LogP contribution is 2.40. The Kier molecular flexibility index (Phi) is 2.64. The first-order valence-electron chi connectivity index (χ1n) is 4.60. The number of ketones is 1. The lowest BCUT2D eigenvalue weighted by molar-refractivity contribution is -0.125. The second-order valence-corrected chi connectivity index (χ2v) is 5.39. The van der Waals surface area contributed by atoms with Gasteiger partial charge in [-0.2, -0.15) is 0 Å². The van der Waals surface area contributed by atoms with Gasteiger partial charge in [0.15, 0.2) is 0 Å². The van der Waals surface area contributed by atoms with Gasteiger partial charge in [0.25, 0.3) is 0 Å². The summed E-state index contributed by atoms with van der Waals surface area (Å²) in [6.07, 6.45) is 2.02. The third kappa shape index (κ3) is 1.85. The molecule has 76 valence electrons. The molecule has 2 nitrogen and oxygen atoms in total. The van der Waals surface area contributed by atoms with Crippen molar-refractivity contribution in [3.8, 4) is 0 Å². The first kappa shape index (κ1) is 10.1. The molecule has 1 aliphatic rings. The van der Waals surface area contributed by atoms with Crippen LogP contribution in [0, 0.1) is 0 Å². The van der Waals surface area contributed by atoms with Gasteiger partial charge >= 0.3 is 0 Å². The van der Waals surface area contributed by atoms with E-state index in [0.717, 1.165) is 4.88 Å². The summed E-state index contributed by atoms with van der Waals surface area (Å²) >= 11 is 7.21. The van der Waals surface area contributed by atoms with Gasteiger partial charge in [-0.15, -0.1) is 11.3 Å². The Morgan fingerprint density at radius 1 is 1.36 bits per heavy atom. The molecule has 1 aliphatic carbocycles. The first-order valence-corrected chi connectivity index (χ1v) is 5.79. The van der Waals surface area contributed by atoms with Gasteiger partial charge in [-0.05, 0) is 25.0 Å². The fraction of sp³-hybridized carbons (Fsp3) is 0.500. The van der Waals surface area contributed by atoms with E-state index < -0.39 is 5.60 Å². The smallest absolute Gasteiger partial charge is 0.133 e. The molecule has 1 fully saturated rings. The van der Waals surface area contributed by atoms with Gasteiger partial charge in [0.1, 0.15) is 5.78 Å². The number of aliphatic hydroxyl groups is 1. The highest BCUT2D eigenvalue weighted by molar-refractivity contribution is 7.16. The summed E-state index contributed by atoms with van der Waals surface area (Å²) in [7, 11) is 0. The van der Waals surface area contributed by atoms with E-state index in [1.807, 2.05) is 6.07 Å². The molecule has 0 atom stereocenters. The van der Waals surface area contributed by atoms with Crippen LogP contribution in [0.4, 0.5) is 0 Å². The molecule has 0 spiro atoms. The predicted molar refractivity (Wildman–Crippen MR) is 56.7 cm³/mol. The lowest BCUT2D eigenvalue weighted by Crippen LogP contribution is -2.30. The van der Waals surface area contributed by atoms with Crippen LogP contribution >= 0.6 is 22.9 Å². The summed E-state index contributed by atoms with van der Waals surface area (Å²) in [5.74, 6) is 0.248. The largest absolute Gasteiger partial charge is 0.384 e. The maximum atomic E-state index is 11.1. The van der Waals surface area contributed by atoms with Gasteiger partial charge in [0, 0.05) is 17.7 Å². The van der Waals surface area contributed by atoms with Crippen LogP contribution in [0.3, 0.4) is 0 Å². The van der Waals surface area contributed by atoms with Gasteiger partial charge in [-0.3, -0.25) is 4.79 Å². The van der Waals surface area contributed by atoms with Gasteiger partial charge < -0.3 is 5.11 Å². The average Bonchev–Trinajstić information content (AvgIpc) is 2.58. The fourth-order valence-corrected chi connectivity index (χ4v) is 2.94. The van der Waals surface area contributed by atoms with Crippen molar-refractivity contribution in [3.05, 3.63) is 21.3 Å². The Morgan fingerprint density at radius 3 is 2.50 bits per heavy atom. The number of hydrogen-bond donors (Lipinski definition) is 1. The van der Waals surface area contributed by atoms with E-state index in [9.17, 15) is 9.90 Å². The van der Waals surface area contributed by atoms with Crippen LogP contribution in [-0.2, 0) is 10.4 Å². The van der Waals surface area contributed by atoms with Gasteiger partial charge in [-0.1, -0.05) is 11.6 Å². The normalized spacial score (nSPS) is 21.1. The SMILES string of the molecule is O=C1CCC(O)(c2ccc(Cl)s2)CC1. The number of hydrogen-bond acceptors (Lipinski definition) is 3. The van der Waals surface area contributed by atoms with Crippen LogP contribution in [0.15, 0.2) is 12.1 Å². The van der Waals surface area contributed by atoms with Crippen LogP contribution in [0.2, 0.25) is 4.34 Å². The fourth-order valence-electron chi connectivity index (χ4n) is 1.75. The van der Waals surface area contributed by atoms with Gasteiger partial charge in [0.05, 0.1) is 9.94 Å². The van der Waals surface area contributed by atoms with E-state index in [2.05, 4.69) is 0 Å². The monoisotopic (exact) mass is 230 g/mol. The van der Waals surface area contributed by atoms with Crippen molar-refractivity contribution in [2.75, 3.05) is 0 Å². The summed E-state index contributed by atoms with van der Waals surface area (Å²) in [4.78, 5) is 11.9. The maximum Gasteiger partial charge on any atom is 0.133 e. The van der Waals surface area contributed by atoms with E-state index in [0.29, 0.717) is 30.0 Å². The van der Waals surface area contributed by atoms with Crippen molar-refractivity contribution in [1.82, 2.24) is 0 Å². The molecule has 2 rings (SSSR count). The lowest BCUT2D eigenvalue weighted by Gasteiger charge is -2.30. The number of rotatable bonds is 1. The van der Waals surface area contributed by atoms with Crippen LogP contribution in [0.25, 0.3) is 0 Å². The molecule has 1 aromatic heterocycles. The van der Waals surface area contributed by atoms with Crippen LogP contribution in [0.1, 0.15) is 30.6 Å². The van der Waals surface area contributed by atoms with Crippen LogP contribution in [0.5, 0.6) is 0 Å². The maximum absolute atomic E-state index is 11.1. The summed E-state index contributed by atoms with van der Waals surface area (Å²) in [5, 5.41) is 10.3. The highest BCUT2D eigenvalue weighted by atomic mass is 35.5. The first-order chi connectivity index (χ1) is 6.60. The van der Waals surface area contributed by atoms with Crippen LogP contribution < -0.4 is 0 Å². The van der Waals surface area contributed by atoms with Crippen molar-refractivity contribution >= 4 is 28.7 Å². The van der Waals surface area contributed by atoms with Gasteiger partial charge in [0.2, 0.25) is 0 Å². The quantitative estimate of drug-likeness (QED) is 0.806. The molecule has 0 aromatic carbocycles. The second-order valence-electron chi connectivity index (χ2n) is 3.67. The Morgan fingerprint density at radius 2 is 2.00 bits per heavy atom. The Labute approximate surface area is 91.5 Å². The summed E-state index contributed by atoms with van der Waals surface area (Å²) in [6, 6.07) is 3.64. The molecule has 1 saturated carbocycles. The number of Topliss-reactive ketones (excluding diaryl/α,β-unsaturated/α-hetero) is 1. The van der Waals surface area contributed by atoms with E-state index in [-0.39, 0.29) is 5.78 Å². The third-order valence-corrected chi connectivity index (χ3v) is 4.09. The minimum atomic E-state index is -0.814. The number of carbonyl (C=O) groups is 1. The zero-order valence-electron chi connectivity index (χ0n) is 7.62. The highest BCUT2D eigenvalue weighted by Gasteiger charge is 2.35. The van der Waals surface area contributed by atoms with E-state index in [4.69, 9.17) is 11.6 Å². The number of carbonyl (C=O) groups excluding carboxylic acids is 1. The lowest BCUT2D eigenvalue weighted by atomic mass is 9.83. The average molecular weight is 231 g/mol. The van der Waals surface area contributed by atoms with Crippen LogP contribution in [-0.4, -0.2) is 10.9 Å². The minimum absolute atomic E-state index is 0.248. The van der Waals surface area contributed by atoms with E-state index in [1.165, 1.54) is 11.3 Å². The zero-order chi connectivity index (χ0) is 10.2. The van der Waals surface area contributed by atoms with Crippen molar-refractivity contribution in [1.29, 1.82) is 0 Å². The molecule has 1 N–H and O–H groups in total. The molecule has 4 heteroatoms. The standard InChI is InChI=1S/C10H11ClO2S/c11-9-2-1-8(14-9)10(13)5-3-7(12)4-6-10/h1-2,13H,3-6H2. The van der Waals surface area contributed by atoms with Crippen molar-refractivity contribution in [3.63, 3.8) is 0 Å². The molecule has 1 aromatic rings. The molecule has 0 unspecified atom stereocenters. The predicted octanol–water partition coefficient (Wildman–Crippen LogP) is 2.73. The van der Waals surface area contributed by atoms with Crippen molar-refractivity contribution in [2.45, 2.75) is 31.3 Å². The number of thiophene rings is 1. The molecular weight excluding hydrogens is 220 g/mol. The Balaban J connectivity index is 2.20. The summed E-state index contributed by atoms with van der Waals surface area (Å²) < 4.78 is 0.685. The molecule has 0 saturated heterocycles. The topological polar surface area (TPSA) is 37.3 Å². The van der Waals surface area contributed by atoms with Gasteiger partial charge in [-0.25, -0.2) is 0 Å². The summed E-state index contributed by atoms with van der Waals surface area (Å²) in [5.41, 5.74) is -0.814. The summed E-state index contributed by atoms with van der Waals surface area (Å²) in [6.45, 7) is 0. The molecule has 0 amide bonds. The second kappa shape index (κ2) is 3.65.